The summed E-state index contributed by atoms with van der Waals surface area (Å²) in [4.78, 5) is 12.3. The Bertz CT molecular complexity index is 1130. The van der Waals surface area contributed by atoms with E-state index in [4.69, 9.17) is 4.74 Å². The highest BCUT2D eigenvalue weighted by atomic mass is 32.2. The van der Waals surface area contributed by atoms with Gasteiger partial charge in [0.15, 0.2) is 0 Å². The third-order valence-electron chi connectivity index (χ3n) is 4.24. The lowest BCUT2D eigenvalue weighted by Crippen LogP contribution is -2.25. The lowest BCUT2D eigenvalue weighted by molar-refractivity contribution is 0.102. The van der Waals surface area contributed by atoms with Gasteiger partial charge in [0, 0.05) is 12.1 Å². The van der Waals surface area contributed by atoms with Crippen LogP contribution in [0.5, 0.6) is 5.75 Å². The normalized spacial score (nSPS) is 11.3. The summed E-state index contributed by atoms with van der Waals surface area (Å²) in [5.41, 5.74) is 2.42. The van der Waals surface area contributed by atoms with Crippen molar-refractivity contribution in [2.45, 2.75) is 24.1 Å². The van der Waals surface area contributed by atoms with Crippen molar-refractivity contribution >= 4 is 32.4 Å². The van der Waals surface area contributed by atoms with Crippen LogP contribution in [0.25, 0.3) is 0 Å². The van der Waals surface area contributed by atoms with Crippen molar-refractivity contribution in [3.63, 3.8) is 0 Å². The molecule has 3 rings (SSSR count). The fraction of sp³-hybridized carbons (Fsp3) is 0.250. The van der Waals surface area contributed by atoms with E-state index in [1.54, 1.807) is 25.3 Å². The zero-order valence-corrected chi connectivity index (χ0v) is 18.2. The van der Waals surface area contributed by atoms with Crippen LogP contribution in [0.1, 0.15) is 27.9 Å². The van der Waals surface area contributed by atoms with Crippen molar-refractivity contribution < 1.29 is 17.9 Å². The number of aryl methyl sites for hydroxylation is 2. The van der Waals surface area contributed by atoms with Gasteiger partial charge >= 0.3 is 0 Å². The molecule has 10 heteroatoms. The van der Waals surface area contributed by atoms with E-state index in [1.165, 1.54) is 0 Å². The molecule has 0 aliphatic carbocycles. The lowest BCUT2D eigenvalue weighted by atomic mass is 10.1. The number of nitrogens with zero attached hydrogens (tertiary/aromatic N) is 2. The number of carbonyl (C=O) groups excluding carboxylic acids is 1. The Kier molecular flexibility index (Phi) is 7.14. The summed E-state index contributed by atoms with van der Waals surface area (Å²) >= 11 is 0.803. The number of rotatable bonds is 9. The molecular formula is C20H22N4O4S2. The van der Waals surface area contributed by atoms with E-state index in [2.05, 4.69) is 20.2 Å². The maximum atomic E-state index is 12.4. The van der Waals surface area contributed by atoms with Gasteiger partial charge in [-0.05, 0) is 43.5 Å². The molecule has 0 aliphatic heterocycles. The molecule has 0 aliphatic rings. The van der Waals surface area contributed by atoms with Gasteiger partial charge in [0.25, 0.3) is 15.9 Å². The van der Waals surface area contributed by atoms with Crippen LogP contribution < -0.4 is 14.8 Å². The van der Waals surface area contributed by atoms with Crippen LogP contribution in [0, 0.1) is 6.92 Å². The van der Waals surface area contributed by atoms with Crippen molar-refractivity contribution in [2.75, 3.05) is 19.0 Å². The maximum Gasteiger partial charge on any atom is 0.269 e. The second kappa shape index (κ2) is 9.79. The van der Waals surface area contributed by atoms with Crippen LogP contribution in [0.4, 0.5) is 5.13 Å². The molecule has 2 N–H and O–H groups in total. The molecule has 0 fully saturated rings. The zero-order valence-electron chi connectivity index (χ0n) is 16.6. The number of hydrogen-bond acceptors (Lipinski definition) is 7. The minimum Gasteiger partial charge on any atom is -0.496 e. The molecule has 1 aromatic heterocycles. The summed E-state index contributed by atoms with van der Waals surface area (Å²) in [5.74, 6) is 0.405. The Morgan fingerprint density at radius 1 is 1.13 bits per heavy atom. The van der Waals surface area contributed by atoms with Gasteiger partial charge in [-0.25, -0.2) is 13.1 Å². The summed E-state index contributed by atoms with van der Waals surface area (Å²) in [6.45, 7) is 2.12. The van der Waals surface area contributed by atoms with Crippen LogP contribution in [-0.4, -0.2) is 38.2 Å². The molecule has 3 aromatic rings. The highest BCUT2D eigenvalue weighted by Crippen LogP contribution is 2.21. The van der Waals surface area contributed by atoms with E-state index in [0.29, 0.717) is 18.4 Å². The van der Waals surface area contributed by atoms with E-state index >= 15 is 0 Å². The molecule has 0 unspecified atom stereocenters. The second-order valence-corrected chi connectivity index (χ2v) is 9.43. The Morgan fingerprint density at radius 3 is 2.70 bits per heavy atom. The fourth-order valence-electron chi connectivity index (χ4n) is 2.78. The standard InChI is InChI=1S/C20H22N4O4S2/c1-14-7-5-9-16(13-14)18(25)22-19-23-24-20(29-19)30(26,27)21-12-6-10-15-8-3-4-11-17(15)28-2/h3-5,7-9,11,13,21H,6,10,12H2,1-2H3,(H,22,23,25). The molecule has 8 nitrogen and oxygen atoms in total. The molecule has 0 radical (unpaired) electrons. The fourth-order valence-corrected chi connectivity index (χ4v) is 4.79. The van der Waals surface area contributed by atoms with Crippen LogP contribution >= 0.6 is 11.3 Å². The van der Waals surface area contributed by atoms with Crippen molar-refractivity contribution in [1.82, 2.24) is 14.9 Å². The van der Waals surface area contributed by atoms with Gasteiger partial charge < -0.3 is 4.74 Å². The molecule has 0 atom stereocenters. The van der Waals surface area contributed by atoms with Crippen molar-refractivity contribution in [2.24, 2.45) is 0 Å². The number of benzene rings is 2. The monoisotopic (exact) mass is 446 g/mol. The Morgan fingerprint density at radius 2 is 1.93 bits per heavy atom. The molecule has 30 heavy (non-hydrogen) atoms. The molecule has 1 heterocycles. The second-order valence-electron chi connectivity index (χ2n) is 6.51. The molecule has 1 amide bonds. The first-order chi connectivity index (χ1) is 14.4. The molecule has 158 valence electrons. The van der Waals surface area contributed by atoms with E-state index in [-0.39, 0.29) is 21.9 Å². The molecule has 0 bridgehead atoms. The first-order valence-electron chi connectivity index (χ1n) is 9.22. The van der Waals surface area contributed by atoms with E-state index in [1.807, 2.05) is 37.3 Å². The average Bonchev–Trinajstić information content (AvgIpc) is 3.21. The highest BCUT2D eigenvalue weighted by molar-refractivity contribution is 7.91. The van der Waals surface area contributed by atoms with Gasteiger partial charge in [-0.2, -0.15) is 0 Å². The quantitative estimate of drug-likeness (QED) is 0.386. The van der Waals surface area contributed by atoms with Gasteiger partial charge in [-0.15, -0.1) is 10.2 Å². The van der Waals surface area contributed by atoms with Crippen molar-refractivity contribution in [3.8, 4) is 5.75 Å². The number of methoxy groups -OCH3 is 1. The summed E-state index contributed by atoms with van der Waals surface area (Å²) < 4.78 is 32.5. The Labute approximate surface area is 179 Å². The van der Waals surface area contributed by atoms with Crippen LogP contribution in [0.2, 0.25) is 0 Å². The smallest absolute Gasteiger partial charge is 0.269 e. The number of anilines is 1. The first kappa shape index (κ1) is 21.9. The van der Waals surface area contributed by atoms with Gasteiger partial charge in [-0.3, -0.25) is 10.1 Å². The Balaban J connectivity index is 1.55. The maximum absolute atomic E-state index is 12.4. The van der Waals surface area contributed by atoms with Crippen LogP contribution in [0.15, 0.2) is 52.9 Å². The topological polar surface area (TPSA) is 110 Å². The van der Waals surface area contributed by atoms with Gasteiger partial charge in [0.05, 0.1) is 7.11 Å². The largest absolute Gasteiger partial charge is 0.496 e. The van der Waals surface area contributed by atoms with Gasteiger partial charge in [0.1, 0.15) is 5.75 Å². The van der Waals surface area contributed by atoms with Gasteiger partial charge in [-0.1, -0.05) is 47.2 Å². The summed E-state index contributed by atoms with van der Waals surface area (Å²) in [5, 5.41) is 10.2. The third kappa shape index (κ3) is 5.62. The number of para-hydroxylation sites is 1. The molecule has 0 saturated carbocycles. The van der Waals surface area contributed by atoms with E-state index in [9.17, 15) is 13.2 Å². The molecule has 2 aromatic carbocycles. The molecular weight excluding hydrogens is 424 g/mol. The number of aromatic nitrogens is 2. The number of hydrogen-bond donors (Lipinski definition) is 2. The van der Waals surface area contributed by atoms with Gasteiger partial charge in [0.2, 0.25) is 9.47 Å². The SMILES string of the molecule is COc1ccccc1CCCNS(=O)(=O)c1nnc(NC(=O)c2cccc(C)c2)s1. The van der Waals surface area contributed by atoms with Crippen LogP contribution in [0.3, 0.4) is 0 Å². The Hall–Kier alpha value is -2.82. The number of nitrogens with one attached hydrogen (secondary N) is 2. The van der Waals surface area contributed by atoms with E-state index in [0.717, 1.165) is 28.2 Å². The number of amides is 1. The predicted molar refractivity (Wildman–Crippen MR) is 116 cm³/mol. The summed E-state index contributed by atoms with van der Waals surface area (Å²) in [7, 11) is -2.20. The average molecular weight is 447 g/mol. The first-order valence-corrected chi connectivity index (χ1v) is 11.5. The number of carbonyl (C=O) groups is 1. The minimum atomic E-state index is -3.80. The lowest BCUT2D eigenvalue weighted by Gasteiger charge is -2.08. The molecule has 0 saturated heterocycles. The minimum absolute atomic E-state index is 0.121. The highest BCUT2D eigenvalue weighted by Gasteiger charge is 2.20. The van der Waals surface area contributed by atoms with E-state index < -0.39 is 10.0 Å². The predicted octanol–water partition coefficient (Wildman–Crippen LogP) is 3.02. The molecule has 0 spiro atoms. The van der Waals surface area contributed by atoms with Crippen LogP contribution in [-0.2, 0) is 16.4 Å². The number of ether oxygens (including phenoxy) is 1. The van der Waals surface area contributed by atoms with Crippen molar-refractivity contribution in [3.05, 3.63) is 65.2 Å². The zero-order chi connectivity index (χ0) is 21.6. The summed E-state index contributed by atoms with van der Waals surface area (Å²) in [6.07, 6.45) is 1.26. The number of sulfonamides is 1. The van der Waals surface area contributed by atoms with Crippen molar-refractivity contribution in [1.29, 1.82) is 0 Å². The summed E-state index contributed by atoms with van der Waals surface area (Å²) in [6, 6.07) is 14.7. The third-order valence-corrected chi connectivity index (χ3v) is 6.91.